The molecule has 1 heterocycles. The number of ketones is 1. The lowest BCUT2D eigenvalue weighted by molar-refractivity contribution is -0.120. The van der Waals surface area contributed by atoms with Crippen LogP contribution in [0.2, 0.25) is 0 Å². The van der Waals surface area contributed by atoms with E-state index in [0.717, 1.165) is 12.8 Å². The minimum Gasteiger partial charge on any atom is -0.396 e. The van der Waals surface area contributed by atoms with Crippen molar-refractivity contribution >= 4 is 5.78 Å². The number of rotatable bonds is 2. The second-order valence-electron chi connectivity index (χ2n) is 5.57. The normalized spacial score (nSPS) is 39.9. The van der Waals surface area contributed by atoms with Crippen molar-refractivity contribution < 1.29 is 14.6 Å². The molecule has 96 valence electrons. The molecule has 17 heavy (non-hydrogen) atoms. The molecule has 0 saturated carbocycles. The number of aliphatic hydroxyl groups is 1. The first-order chi connectivity index (χ1) is 8.11. The molecular formula is C14H22O3. The molecule has 4 atom stereocenters. The number of fused-ring (bicyclic) bond motifs is 1. The Morgan fingerprint density at radius 2 is 2.24 bits per heavy atom. The average molecular weight is 238 g/mol. The van der Waals surface area contributed by atoms with Crippen LogP contribution in [0.1, 0.15) is 33.1 Å². The number of hydrogen-bond donors (Lipinski definition) is 1. The second kappa shape index (κ2) is 5.32. The van der Waals surface area contributed by atoms with Crippen LogP contribution in [0, 0.1) is 17.8 Å². The summed E-state index contributed by atoms with van der Waals surface area (Å²) in [7, 11) is 0. The Bertz CT molecular complexity index is 309. The van der Waals surface area contributed by atoms with Gasteiger partial charge < -0.3 is 9.84 Å². The number of epoxide rings is 1. The van der Waals surface area contributed by atoms with Crippen LogP contribution < -0.4 is 0 Å². The second-order valence-corrected chi connectivity index (χ2v) is 5.57. The maximum Gasteiger partial charge on any atom is 0.164 e. The van der Waals surface area contributed by atoms with Gasteiger partial charge in [0.15, 0.2) is 5.78 Å². The molecular weight excluding hydrogens is 216 g/mol. The summed E-state index contributed by atoms with van der Waals surface area (Å²) in [6.45, 7) is 4.49. The fraction of sp³-hybridized carbons (Fsp3) is 0.786. The van der Waals surface area contributed by atoms with Crippen molar-refractivity contribution in [2.24, 2.45) is 17.8 Å². The Balaban J connectivity index is 2.07. The van der Waals surface area contributed by atoms with Gasteiger partial charge in [0.1, 0.15) is 6.10 Å². The zero-order valence-electron chi connectivity index (χ0n) is 10.6. The summed E-state index contributed by atoms with van der Waals surface area (Å²) >= 11 is 0. The van der Waals surface area contributed by atoms with Crippen LogP contribution in [0.4, 0.5) is 0 Å². The first-order valence-electron chi connectivity index (χ1n) is 6.59. The van der Waals surface area contributed by atoms with Crippen LogP contribution >= 0.6 is 0 Å². The first-order valence-corrected chi connectivity index (χ1v) is 6.59. The monoisotopic (exact) mass is 238 g/mol. The summed E-state index contributed by atoms with van der Waals surface area (Å²) in [6.07, 6.45) is 6.47. The predicted octanol–water partition coefficient (Wildman–Crippen LogP) is 1.94. The zero-order chi connectivity index (χ0) is 12.4. The minimum absolute atomic E-state index is 0.0555. The number of hydrogen-bond acceptors (Lipinski definition) is 3. The molecule has 1 aliphatic heterocycles. The van der Waals surface area contributed by atoms with Crippen LogP contribution in [0.3, 0.4) is 0 Å². The SMILES string of the molecule is CC(C)C1/C=C\C(CO)CC2OC2C(=O)CC1. The van der Waals surface area contributed by atoms with Crippen molar-refractivity contribution in [2.75, 3.05) is 6.61 Å². The number of carbonyl (C=O) groups is 1. The zero-order valence-corrected chi connectivity index (χ0v) is 10.6. The van der Waals surface area contributed by atoms with Gasteiger partial charge in [-0.25, -0.2) is 0 Å². The van der Waals surface area contributed by atoms with Crippen molar-refractivity contribution in [2.45, 2.75) is 45.3 Å². The number of Topliss-reactive ketones (excluding diaryl/α,β-unsaturated/α-hetero) is 1. The number of ether oxygens (including phenoxy) is 1. The minimum atomic E-state index is -0.177. The van der Waals surface area contributed by atoms with Gasteiger partial charge in [0.25, 0.3) is 0 Å². The van der Waals surface area contributed by atoms with Gasteiger partial charge in [-0.2, -0.15) is 0 Å². The maximum atomic E-state index is 11.8. The van der Waals surface area contributed by atoms with E-state index in [1.54, 1.807) is 0 Å². The van der Waals surface area contributed by atoms with Gasteiger partial charge in [-0.1, -0.05) is 26.0 Å². The van der Waals surface area contributed by atoms with Gasteiger partial charge >= 0.3 is 0 Å². The van der Waals surface area contributed by atoms with E-state index >= 15 is 0 Å². The molecule has 1 saturated heterocycles. The van der Waals surface area contributed by atoms with Crippen LogP contribution in [-0.2, 0) is 9.53 Å². The highest BCUT2D eigenvalue weighted by Crippen LogP contribution is 2.33. The lowest BCUT2D eigenvalue weighted by Crippen LogP contribution is -2.18. The molecule has 3 heteroatoms. The molecule has 0 aromatic carbocycles. The Labute approximate surface area is 103 Å². The highest BCUT2D eigenvalue weighted by molar-refractivity contribution is 5.85. The standard InChI is InChI=1S/C14H22O3/c1-9(2)11-4-3-10(8-15)7-13-14(17-13)12(16)6-5-11/h3-4,9-11,13-15H,5-8H2,1-2H3/b4-3-. The molecule has 0 aromatic rings. The van der Waals surface area contributed by atoms with E-state index < -0.39 is 0 Å². The predicted molar refractivity (Wildman–Crippen MR) is 65.6 cm³/mol. The van der Waals surface area contributed by atoms with Crippen molar-refractivity contribution in [1.82, 2.24) is 0 Å². The van der Waals surface area contributed by atoms with Crippen molar-refractivity contribution in [1.29, 1.82) is 0 Å². The van der Waals surface area contributed by atoms with Gasteiger partial charge in [-0.05, 0) is 24.7 Å². The molecule has 2 aliphatic rings. The molecule has 1 N–H and O–H groups in total. The Morgan fingerprint density at radius 3 is 2.88 bits per heavy atom. The fourth-order valence-corrected chi connectivity index (χ4v) is 2.52. The van der Waals surface area contributed by atoms with E-state index in [4.69, 9.17) is 4.74 Å². The van der Waals surface area contributed by atoms with E-state index in [2.05, 4.69) is 26.0 Å². The largest absolute Gasteiger partial charge is 0.396 e. The molecule has 0 amide bonds. The van der Waals surface area contributed by atoms with Gasteiger partial charge in [0.2, 0.25) is 0 Å². The van der Waals surface area contributed by atoms with E-state index in [-0.39, 0.29) is 30.5 Å². The van der Waals surface area contributed by atoms with Crippen LogP contribution in [0.5, 0.6) is 0 Å². The fourth-order valence-electron chi connectivity index (χ4n) is 2.52. The van der Waals surface area contributed by atoms with Gasteiger partial charge in [0, 0.05) is 18.9 Å². The highest BCUT2D eigenvalue weighted by atomic mass is 16.6. The lowest BCUT2D eigenvalue weighted by atomic mass is 9.86. The Morgan fingerprint density at radius 1 is 1.47 bits per heavy atom. The topological polar surface area (TPSA) is 49.8 Å². The molecule has 2 rings (SSSR count). The lowest BCUT2D eigenvalue weighted by Gasteiger charge is -2.18. The summed E-state index contributed by atoms with van der Waals surface area (Å²) in [6, 6.07) is 0. The highest BCUT2D eigenvalue weighted by Gasteiger charge is 2.45. The third kappa shape index (κ3) is 3.17. The van der Waals surface area contributed by atoms with Gasteiger partial charge in [-0.15, -0.1) is 0 Å². The molecule has 1 aliphatic carbocycles. The molecule has 0 radical (unpaired) electrons. The molecule has 1 fully saturated rings. The van der Waals surface area contributed by atoms with E-state index in [0.29, 0.717) is 18.3 Å². The summed E-state index contributed by atoms with van der Waals surface area (Å²) in [5.41, 5.74) is 0. The van der Waals surface area contributed by atoms with E-state index in [9.17, 15) is 9.90 Å². The number of allylic oxidation sites excluding steroid dienone is 1. The number of carbonyl (C=O) groups excluding carboxylic acids is 1. The quantitative estimate of drug-likeness (QED) is 0.591. The summed E-state index contributed by atoms with van der Waals surface area (Å²) in [5.74, 6) is 1.35. The molecule has 0 aromatic heterocycles. The summed E-state index contributed by atoms with van der Waals surface area (Å²) in [4.78, 5) is 11.8. The van der Waals surface area contributed by atoms with Gasteiger partial charge in [-0.3, -0.25) is 4.79 Å². The first kappa shape index (κ1) is 12.8. The molecule has 0 spiro atoms. The Kier molecular flexibility index (Phi) is 4.00. The third-order valence-corrected chi connectivity index (χ3v) is 3.88. The Hall–Kier alpha value is -0.670. The van der Waals surface area contributed by atoms with Crippen LogP contribution in [0.15, 0.2) is 12.2 Å². The van der Waals surface area contributed by atoms with Crippen molar-refractivity contribution in [3.8, 4) is 0 Å². The molecule has 3 nitrogen and oxygen atoms in total. The van der Waals surface area contributed by atoms with Crippen molar-refractivity contribution in [3.05, 3.63) is 12.2 Å². The third-order valence-electron chi connectivity index (χ3n) is 3.88. The van der Waals surface area contributed by atoms with Crippen LogP contribution in [0.25, 0.3) is 0 Å². The van der Waals surface area contributed by atoms with E-state index in [1.165, 1.54) is 0 Å². The van der Waals surface area contributed by atoms with Gasteiger partial charge in [0.05, 0.1) is 6.10 Å². The average Bonchev–Trinajstić information content (AvgIpc) is 3.05. The maximum absolute atomic E-state index is 11.8. The summed E-state index contributed by atoms with van der Waals surface area (Å²) in [5, 5.41) is 9.31. The van der Waals surface area contributed by atoms with Crippen molar-refractivity contribution in [3.63, 3.8) is 0 Å². The molecule has 4 unspecified atom stereocenters. The molecule has 0 bridgehead atoms. The van der Waals surface area contributed by atoms with Crippen LogP contribution in [-0.4, -0.2) is 29.7 Å². The van der Waals surface area contributed by atoms with E-state index in [1.807, 2.05) is 0 Å². The summed E-state index contributed by atoms with van der Waals surface area (Å²) < 4.78 is 5.39. The number of aliphatic hydroxyl groups excluding tert-OH is 1. The smallest absolute Gasteiger partial charge is 0.164 e.